The molecule has 1 amide bonds. The summed E-state index contributed by atoms with van der Waals surface area (Å²) in [5, 5.41) is 18.1. The van der Waals surface area contributed by atoms with Crippen molar-refractivity contribution in [3.63, 3.8) is 0 Å². The number of fused-ring (bicyclic) bond motifs is 1. The Kier molecular flexibility index (Phi) is 7.21. The van der Waals surface area contributed by atoms with E-state index in [2.05, 4.69) is 15.4 Å². The molecule has 0 spiro atoms. The first-order valence-electron chi connectivity index (χ1n) is 12.3. The lowest BCUT2D eigenvalue weighted by molar-refractivity contribution is -0.384. The van der Waals surface area contributed by atoms with Crippen molar-refractivity contribution in [2.24, 2.45) is 0 Å². The molecule has 1 saturated heterocycles. The van der Waals surface area contributed by atoms with Crippen LogP contribution in [0.4, 0.5) is 5.69 Å². The summed E-state index contributed by atoms with van der Waals surface area (Å²) in [6, 6.07) is 11.8. The van der Waals surface area contributed by atoms with E-state index in [1.54, 1.807) is 12.1 Å². The number of nitro benzene ring substituents is 1. The number of hydrogen-bond acceptors (Lipinski definition) is 8. The van der Waals surface area contributed by atoms with Gasteiger partial charge in [0.15, 0.2) is 5.65 Å². The van der Waals surface area contributed by atoms with Crippen LogP contribution in [0.3, 0.4) is 0 Å². The topological polar surface area (TPSA) is 162 Å². The molecular formula is C25H25N7O6S. The van der Waals surface area contributed by atoms with Gasteiger partial charge in [-0.25, -0.2) is 18.1 Å². The number of aromatic nitrogens is 4. The highest BCUT2D eigenvalue weighted by molar-refractivity contribution is 7.89. The van der Waals surface area contributed by atoms with Gasteiger partial charge in [0.05, 0.1) is 29.1 Å². The van der Waals surface area contributed by atoms with E-state index in [4.69, 9.17) is 0 Å². The molecule has 0 aliphatic carbocycles. The van der Waals surface area contributed by atoms with Gasteiger partial charge in [-0.3, -0.25) is 24.3 Å². The van der Waals surface area contributed by atoms with E-state index in [1.165, 1.54) is 62.5 Å². The van der Waals surface area contributed by atoms with Crippen LogP contribution < -0.4 is 10.9 Å². The molecule has 13 nitrogen and oxygen atoms in total. The number of nitrogens with zero attached hydrogens (tertiary/aromatic N) is 6. The summed E-state index contributed by atoms with van der Waals surface area (Å²) in [6.45, 7) is 1.68. The van der Waals surface area contributed by atoms with Gasteiger partial charge in [0, 0.05) is 37.3 Å². The minimum atomic E-state index is -3.55. The van der Waals surface area contributed by atoms with E-state index in [9.17, 15) is 28.1 Å². The smallest absolute Gasteiger partial charge is 0.269 e. The van der Waals surface area contributed by atoms with Gasteiger partial charge in [0.2, 0.25) is 10.0 Å². The molecule has 0 saturated carbocycles. The molecule has 14 heteroatoms. The van der Waals surface area contributed by atoms with Gasteiger partial charge in [-0.05, 0) is 42.7 Å². The third-order valence-electron chi connectivity index (χ3n) is 6.55. The van der Waals surface area contributed by atoms with Gasteiger partial charge in [0.1, 0.15) is 11.7 Å². The second-order valence-corrected chi connectivity index (χ2v) is 11.0. The molecule has 39 heavy (non-hydrogen) atoms. The molecule has 1 fully saturated rings. The van der Waals surface area contributed by atoms with Crippen molar-refractivity contribution >= 4 is 32.7 Å². The molecule has 0 atom stereocenters. The Morgan fingerprint density at radius 3 is 2.41 bits per heavy atom. The lowest BCUT2D eigenvalue weighted by atomic mass is 10.2. The summed E-state index contributed by atoms with van der Waals surface area (Å²) in [5.41, 5.74) is 1.06. The van der Waals surface area contributed by atoms with E-state index >= 15 is 0 Å². The van der Waals surface area contributed by atoms with Crippen molar-refractivity contribution in [2.45, 2.75) is 30.8 Å². The maximum absolute atomic E-state index is 12.9. The van der Waals surface area contributed by atoms with Gasteiger partial charge < -0.3 is 5.32 Å². The molecule has 5 rings (SSSR count). The van der Waals surface area contributed by atoms with Gasteiger partial charge in [0.25, 0.3) is 17.2 Å². The first-order valence-corrected chi connectivity index (χ1v) is 13.7. The number of nitrogens with one attached hydrogen (secondary N) is 1. The third kappa shape index (κ3) is 5.42. The molecule has 1 aliphatic rings. The van der Waals surface area contributed by atoms with E-state index in [0.717, 1.165) is 12.8 Å². The van der Waals surface area contributed by atoms with Crippen molar-refractivity contribution in [3.05, 3.63) is 92.7 Å². The largest absolute Gasteiger partial charge is 0.350 e. The lowest BCUT2D eigenvalue weighted by Gasteiger charge is -2.15. The number of sulfonamides is 1. The first kappa shape index (κ1) is 26.2. The number of rotatable bonds is 9. The Morgan fingerprint density at radius 1 is 1.05 bits per heavy atom. The highest BCUT2D eigenvalue weighted by atomic mass is 32.2. The second-order valence-electron chi connectivity index (χ2n) is 9.10. The fourth-order valence-corrected chi connectivity index (χ4v) is 5.94. The summed E-state index contributed by atoms with van der Waals surface area (Å²) in [5.74, 6) is -0.366. The standard InChI is InChI=1S/C25H25N7O6S/c33-24(19-5-9-21(10-6-19)39(37,38)30-12-1-2-13-30)26-11-14-31-23-22(15-28-31)25(34)29(17-27-23)16-18-3-7-20(8-4-18)32(35)36/h3-10,15,17H,1-2,11-14,16H2,(H,26,33). The molecule has 0 bridgehead atoms. The molecule has 4 aromatic rings. The Labute approximate surface area is 222 Å². The molecular weight excluding hydrogens is 526 g/mol. The molecule has 202 valence electrons. The second kappa shape index (κ2) is 10.7. The van der Waals surface area contributed by atoms with Crippen LogP contribution >= 0.6 is 0 Å². The van der Waals surface area contributed by atoms with Crippen molar-refractivity contribution in [2.75, 3.05) is 19.6 Å². The predicted octanol–water partition coefficient (Wildman–Crippen LogP) is 1.76. The van der Waals surface area contributed by atoms with Gasteiger partial charge in [-0.2, -0.15) is 9.40 Å². The summed E-state index contributed by atoms with van der Waals surface area (Å²) in [6.07, 6.45) is 4.50. The average Bonchev–Trinajstić information content (AvgIpc) is 3.62. The highest BCUT2D eigenvalue weighted by Gasteiger charge is 2.27. The fraction of sp³-hybridized carbons (Fsp3) is 0.280. The normalized spacial score (nSPS) is 14.1. The van der Waals surface area contributed by atoms with Crippen LogP contribution in [0.1, 0.15) is 28.8 Å². The lowest BCUT2D eigenvalue weighted by Crippen LogP contribution is -2.29. The Hall–Kier alpha value is -4.43. The zero-order valence-electron chi connectivity index (χ0n) is 20.8. The van der Waals surface area contributed by atoms with E-state index < -0.39 is 14.9 Å². The molecule has 2 aromatic carbocycles. The Balaban J connectivity index is 1.20. The quantitative estimate of drug-likeness (QED) is 0.243. The van der Waals surface area contributed by atoms with E-state index in [0.29, 0.717) is 35.2 Å². The first-order chi connectivity index (χ1) is 18.7. The van der Waals surface area contributed by atoms with E-state index in [1.807, 2.05) is 0 Å². The molecule has 0 radical (unpaired) electrons. The van der Waals surface area contributed by atoms with Gasteiger partial charge >= 0.3 is 0 Å². The monoisotopic (exact) mass is 551 g/mol. The molecule has 0 unspecified atom stereocenters. The molecule has 2 aromatic heterocycles. The fourth-order valence-electron chi connectivity index (χ4n) is 4.43. The van der Waals surface area contributed by atoms with E-state index in [-0.39, 0.29) is 41.7 Å². The minimum absolute atomic E-state index is 0.0319. The van der Waals surface area contributed by atoms with Gasteiger partial charge in [-0.1, -0.05) is 12.1 Å². The van der Waals surface area contributed by atoms with Crippen LogP contribution in [0.25, 0.3) is 11.0 Å². The summed E-state index contributed by atoms with van der Waals surface area (Å²) in [4.78, 5) is 40.3. The van der Waals surface area contributed by atoms with Crippen molar-refractivity contribution in [1.29, 1.82) is 0 Å². The average molecular weight is 552 g/mol. The zero-order chi connectivity index (χ0) is 27.6. The van der Waals surface area contributed by atoms with Crippen molar-refractivity contribution < 1.29 is 18.1 Å². The van der Waals surface area contributed by atoms with Crippen LogP contribution in [0.5, 0.6) is 0 Å². The number of nitro groups is 1. The zero-order valence-corrected chi connectivity index (χ0v) is 21.6. The summed E-state index contributed by atoms with van der Waals surface area (Å²) < 4.78 is 29.7. The minimum Gasteiger partial charge on any atom is -0.350 e. The molecule has 1 N–H and O–H groups in total. The number of carbonyl (C=O) groups is 1. The maximum Gasteiger partial charge on any atom is 0.269 e. The number of benzene rings is 2. The number of carbonyl (C=O) groups excluding carboxylic acids is 1. The predicted molar refractivity (Wildman–Crippen MR) is 141 cm³/mol. The van der Waals surface area contributed by atoms with Crippen LogP contribution in [0.15, 0.2) is 70.7 Å². The van der Waals surface area contributed by atoms with Crippen LogP contribution in [0, 0.1) is 10.1 Å². The summed E-state index contributed by atoms with van der Waals surface area (Å²) >= 11 is 0. The van der Waals surface area contributed by atoms with Crippen LogP contribution in [-0.2, 0) is 23.1 Å². The summed E-state index contributed by atoms with van der Waals surface area (Å²) in [7, 11) is -3.55. The number of hydrogen-bond donors (Lipinski definition) is 1. The number of non-ortho nitro benzene ring substituents is 1. The SMILES string of the molecule is O=C(NCCn1ncc2c(=O)n(Cc3ccc([N+](=O)[O-])cc3)cnc21)c1ccc(S(=O)(=O)N2CCCC2)cc1. The Bertz CT molecular complexity index is 1690. The van der Waals surface area contributed by atoms with Crippen LogP contribution in [-0.4, -0.2) is 62.5 Å². The third-order valence-corrected chi connectivity index (χ3v) is 8.46. The van der Waals surface area contributed by atoms with Crippen LogP contribution in [0.2, 0.25) is 0 Å². The van der Waals surface area contributed by atoms with Gasteiger partial charge in [-0.15, -0.1) is 0 Å². The highest BCUT2D eigenvalue weighted by Crippen LogP contribution is 2.21. The molecule has 1 aliphatic heterocycles. The number of amides is 1. The maximum atomic E-state index is 12.9. The Morgan fingerprint density at radius 2 is 1.74 bits per heavy atom. The van der Waals surface area contributed by atoms with Crippen molar-refractivity contribution in [1.82, 2.24) is 29.0 Å². The van der Waals surface area contributed by atoms with Crippen molar-refractivity contribution in [3.8, 4) is 0 Å². The molecule has 3 heterocycles.